The Labute approximate surface area is 150 Å². The quantitative estimate of drug-likeness (QED) is 0.663. The third-order valence-corrected chi connectivity index (χ3v) is 3.97. The molecule has 6 heteroatoms. The van der Waals surface area contributed by atoms with E-state index in [1.165, 1.54) is 25.4 Å². The molecule has 0 radical (unpaired) electrons. The number of hydrogen-bond donors (Lipinski definition) is 2. The minimum Gasteiger partial charge on any atom is -0.387 e. The summed E-state index contributed by atoms with van der Waals surface area (Å²) in [5.74, 6) is -0.391. The van der Waals surface area contributed by atoms with Gasteiger partial charge in [0.25, 0.3) is 0 Å². The lowest BCUT2D eigenvalue weighted by molar-refractivity contribution is 0.101. The first kappa shape index (κ1) is 17.7. The monoisotopic (exact) mass is 351 g/mol. The molecule has 0 aliphatic carbocycles. The number of carbonyl (C=O) groups excluding carboxylic acids is 1. The first-order valence-electron chi connectivity index (χ1n) is 8.14. The van der Waals surface area contributed by atoms with Crippen LogP contribution in [0.1, 0.15) is 28.9 Å². The van der Waals surface area contributed by atoms with Crippen molar-refractivity contribution in [2.75, 3.05) is 11.9 Å². The van der Waals surface area contributed by atoms with Crippen LogP contribution in [0.4, 0.5) is 10.2 Å². The molecule has 0 saturated carbocycles. The van der Waals surface area contributed by atoms with Gasteiger partial charge in [0.15, 0.2) is 5.78 Å². The molecule has 0 aliphatic rings. The molecule has 1 heterocycles. The van der Waals surface area contributed by atoms with Gasteiger partial charge in [-0.2, -0.15) is 0 Å². The van der Waals surface area contributed by atoms with Crippen molar-refractivity contribution in [2.45, 2.75) is 13.0 Å². The van der Waals surface area contributed by atoms with Crippen LogP contribution in [0.25, 0.3) is 11.3 Å². The summed E-state index contributed by atoms with van der Waals surface area (Å²) in [6, 6.07) is 15.3. The first-order valence-corrected chi connectivity index (χ1v) is 8.14. The lowest BCUT2D eigenvalue weighted by Gasteiger charge is -2.13. The molecule has 2 N–H and O–H groups in total. The highest BCUT2D eigenvalue weighted by Gasteiger charge is 2.11. The van der Waals surface area contributed by atoms with E-state index in [9.17, 15) is 14.3 Å². The molecule has 2 aromatic carbocycles. The summed E-state index contributed by atoms with van der Waals surface area (Å²) in [6.45, 7) is 1.60. The number of rotatable bonds is 6. The van der Waals surface area contributed by atoms with Crippen molar-refractivity contribution in [1.29, 1.82) is 0 Å². The van der Waals surface area contributed by atoms with Crippen molar-refractivity contribution < 1.29 is 14.3 Å². The second kappa shape index (κ2) is 7.84. The second-order valence-corrected chi connectivity index (χ2v) is 5.85. The third-order valence-electron chi connectivity index (χ3n) is 3.97. The number of aromatic nitrogens is 2. The number of ketones is 1. The van der Waals surface area contributed by atoms with E-state index in [-0.39, 0.29) is 17.9 Å². The maximum Gasteiger partial charge on any atom is 0.162 e. The Morgan fingerprint density at radius 3 is 2.62 bits per heavy atom. The van der Waals surface area contributed by atoms with Crippen LogP contribution in [0.3, 0.4) is 0 Å². The second-order valence-electron chi connectivity index (χ2n) is 5.85. The molecule has 0 unspecified atom stereocenters. The molecular weight excluding hydrogens is 333 g/mol. The van der Waals surface area contributed by atoms with E-state index in [4.69, 9.17) is 0 Å². The van der Waals surface area contributed by atoms with Crippen molar-refractivity contribution in [3.05, 3.63) is 77.9 Å². The van der Waals surface area contributed by atoms with Crippen molar-refractivity contribution >= 4 is 11.6 Å². The SMILES string of the molecule is CC(=O)c1ccc(-c2cc(NC[C@@H](O)c3ccccc3)ncn2)cc1F. The van der Waals surface area contributed by atoms with Gasteiger partial charge in [0.2, 0.25) is 0 Å². The zero-order chi connectivity index (χ0) is 18.5. The van der Waals surface area contributed by atoms with Crippen LogP contribution in [0.2, 0.25) is 0 Å². The lowest BCUT2D eigenvalue weighted by atomic mass is 10.1. The summed E-state index contributed by atoms with van der Waals surface area (Å²) in [6.07, 6.45) is 0.686. The number of benzene rings is 2. The molecule has 3 aromatic rings. The number of nitrogens with zero attached hydrogens (tertiary/aromatic N) is 2. The average Bonchev–Trinajstić information content (AvgIpc) is 2.66. The fraction of sp³-hybridized carbons (Fsp3) is 0.150. The van der Waals surface area contributed by atoms with E-state index in [0.717, 1.165) is 5.56 Å². The van der Waals surface area contributed by atoms with Gasteiger partial charge in [0.05, 0.1) is 17.4 Å². The van der Waals surface area contributed by atoms with Crippen LogP contribution < -0.4 is 5.32 Å². The zero-order valence-electron chi connectivity index (χ0n) is 14.2. The number of aliphatic hydroxyl groups excluding tert-OH is 1. The number of aliphatic hydroxyl groups is 1. The summed E-state index contributed by atoms with van der Waals surface area (Å²) in [7, 11) is 0. The zero-order valence-corrected chi connectivity index (χ0v) is 14.2. The minimum absolute atomic E-state index is 0.0483. The van der Waals surface area contributed by atoms with Gasteiger partial charge < -0.3 is 10.4 Å². The Morgan fingerprint density at radius 1 is 1.15 bits per heavy atom. The van der Waals surface area contributed by atoms with E-state index in [2.05, 4.69) is 15.3 Å². The Kier molecular flexibility index (Phi) is 5.34. The maximum atomic E-state index is 14.0. The Balaban J connectivity index is 1.74. The molecule has 3 rings (SSSR count). The molecule has 0 aliphatic heterocycles. The van der Waals surface area contributed by atoms with Gasteiger partial charge in [-0.1, -0.05) is 36.4 Å². The molecule has 132 valence electrons. The summed E-state index contributed by atoms with van der Waals surface area (Å²) >= 11 is 0. The van der Waals surface area contributed by atoms with Gasteiger partial charge in [0, 0.05) is 18.2 Å². The summed E-state index contributed by atoms with van der Waals surface area (Å²) in [5.41, 5.74) is 1.91. The normalized spacial score (nSPS) is 11.8. The summed E-state index contributed by atoms with van der Waals surface area (Å²) in [5, 5.41) is 13.2. The molecule has 0 bridgehead atoms. The largest absolute Gasteiger partial charge is 0.387 e. The number of hydrogen-bond acceptors (Lipinski definition) is 5. The maximum absolute atomic E-state index is 14.0. The molecule has 0 saturated heterocycles. The van der Waals surface area contributed by atoms with Gasteiger partial charge >= 0.3 is 0 Å². The van der Waals surface area contributed by atoms with E-state index in [0.29, 0.717) is 17.1 Å². The first-order chi connectivity index (χ1) is 12.5. The fourth-order valence-corrected chi connectivity index (χ4v) is 2.57. The average molecular weight is 351 g/mol. The van der Waals surface area contributed by atoms with Crippen LogP contribution in [0.15, 0.2) is 60.9 Å². The highest BCUT2D eigenvalue weighted by Crippen LogP contribution is 2.22. The Morgan fingerprint density at radius 2 is 1.92 bits per heavy atom. The molecule has 1 atom stereocenters. The van der Waals surface area contributed by atoms with E-state index in [1.54, 1.807) is 12.1 Å². The van der Waals surface area contributed by atoms with Gasteiger partial charge in [0.1, 0.15) is 18.0 Å². The molecule has 5 nitrogen and oxygen atoms in total. The molecule has 1 aromatic heterocycles. The van der Waals surface area contributed by atoms with Gasteiger partial charge in [-0.25, -0.2) is 14.4 Å². The minimum atomic E-state index is -0.679. The smallest absolute Gasteiger partial charge is 0.162 e. The van der Waals surface area contributed by atoms with Crippen molar-refractivity contribution in [1.82, 2.24) is 9.97 Å². The predicted octanol–water partition coefficient (Wildman–Crippen LogP) is 3.63. The molecule has 0 spiro atoms. The number of carbonyl (C=O) groups is 1. The van der Waals surface area contributed by atoms with Gasteiger partial charge in [-0.05, 0) is 24.6 Å². The highest BCUT2D eigenvalue weighted by molar-refractivity contribution is 5.94. The molecule has 0 amide bonds. The summed E-state index contributed by atoms with van der Waals surface area (Å²) in [4.78, 5) is 19.6. The summed E-state index contributed by atoms with van der Waals surface area (Å²) < 4.78 is 14.0. The van der Waals surface area contributed by atoms with Crippen molar-refractivity contribution in [3.63, 3.8) is 0 Å². The Bertz CT molecular complexity index is 916. The van der Waals surface area contributed by atoms with Gasteiger partial charge in [-0.3, -0.25) is 4.79 Å². The number of anilines is 1. The predicted molar refractivity (Wildman–Crippen MR) is 97.3 cm³/mol. The van der Waals surface area contributed by atoms with Crippen LogP contribution in [0.5, 0.6) is 0 Å². The number of nitrogens with one attached hydrogen (secondary N) is 1. The highest BCUT2D eigenvalue weighted by atomic mass is 19.1. The standard InChI is InChI=1S/C20H18FN3O2/c1-13(25)16-8-7-15(9-17(16)21)18-10-20(24-12-23-18)22-11-19(26)14-5-3-2-4-6-14/h2-10,12,19,26H,11H2,1H3,(H,22,23,24)/t19-/m1/s1. The van der Waals surface area contributed by atoms with E-state index < -0.39 is 11.9 Å². The molecule has 0 fully saturated rings. The lowest BCUT2D eigenvalue weighted by Crippen LogP contribution is -2.13. The van der Waals surface area contributed by atoms with Crippen LogP contribution in [-0.2, 0) is 0 Å². The Hall–Kier alpha value is -3.12. The topological polar surface area (TPSA) is 75.1 Å². The van der Waals surface area contributed by atoms with Crippen molar-refractivity contribution in [2.24, 2.45) is 0 Å². The molecular formula is C20H18FN3O2. The van der Waals surface area contributed by atoms with E-state index in [1.807, 2.05) is 30.3 Å². The van der Waals surface area contributed by atoms with E-state index >= 15 is 0 Å². The van der Waals surface area contributed by atoms with Crippen LogP contribution in [0, 0.1) is 5.82 Å². The molecule has 26 heavy (non-hydrogen) atoms. The van der Waals surface area contributed by atoms with Gasteiger partial charge in [-0.15, -0.1) is 0 Å². The third kappa shape index (κ3) is 4.10. The van der Waals surface area contributed by atoms with Crippen LogP contribution >= 0.6 is 0 Å². The number of halogens is 1. The van der Waals surface area contributed by atoms with Crippen molar-refractivity contribution in [3.8, 4) is 11.3 Å². The fourth-order valence-electron chi connectivity index (χ4n) is 2.57. The number of Topliss-reactive ketones (excluding diaryl/α,β-unsaturated/α-hetero) is 1. The van der Waals surface area contributed by atoms with Crippen LogP contribution in [-0.4, -0.2) is 27.4 Å².